The smallest absolute Gasteiger partial charge is 0.256 e. The largest absolute Gasteiger partial charge is 0.322 e. The van der Waals surface area contributed by atoms with Crippen LogP contribution in [0.5, 0.6) is 0 Å². The summed E-state index contributed by atoms with van der Waals surface area (Å²) in [6.45, 7) is 0. The Labute approximate surface area is 145 Å². The Morgan fingerprint density at radius 1 is 1.12 bits per heavy atom. The Bertz CT molecular complexity index is 803. The van der Waals surface area contributed by atoms with E-state index >= 15 is 0 Å². The van der Waals surface area contributed by atoms with Crippen molar-refractivity contribution in [2.24, 2.45) is 0 Å². The van der Waals surface area contributed by atoms with Crippen LogP contribution in [0.3, 0.4) is 0 Å². The Kier molecular flexibility index (Phi) is 5.03. The average Bonchev–Trinajstić information content (AvgIpc) is 2.58. The van der Waals surface area contributed by atoms with Crippen molar-refractivity contribution < 1.29 is 18.0 Å². The zero-order chi connectivity index (χ0) is 17.3. The van der Waals surface area contributed by atoms with Gasteiger partial charge in [0.2, 0.25) is 0 Å². The van der Waals surface area contributed by atoms with Crippen LogP contribution in [0.15, 0.2) is 35.2 Å². The maximum absolute atomic E-state index is 14.1. The lowest BCUT2D eigenvalue weighted by Gasteiger charge is -2.25. The van der Waals surface area contributed by atoms with Gasteiger partial charge >= 0.3 is 0 Å². The third-order valence-corrected chi connectivity index (χ3v) is 5.13. The maximum Gasteiger partial charge on any atom is 0.256 e. The number of fused-ring (bicyclic) bond motifs is 1. The van der Waals surface area contributed by atoms with Gasteiger partial charge in [-0.25, -0.2) is 18.0 Å². The lowest BCUT2D eigenvalue weighted by Crippen LogP contribution is -2.22. The fourth-order valence-corrected chi connectivity index (χ4v) is 4.03. The predicted octanol–water partition coefficient (Wildman–Crippen LogP) is 4.64. The van der Waals surface area contributed by atoms with Crippen LogP contribution in [0.4, 0.5) is 18.9 Å². The number of nitrogens with one attached hydrogen (secondary N) is 2. The summed E-state index contributed by atoms with van der Waals surface area (Å²) >= 11 is 7.03. The van der Waals surface area contributed by atoms with Gasteiger partial charge < -0.3 is 5.32 Å². The molecule has 0 aliphatic carbocycles. The van der Waals surface area contributed by atoms with E-state index in [2.05, 4.69) is 10.2 Å². The van der Waals surface area contributed by atoms with Crippen LogP contribution < -0.4 is 10.2 Å². The number of carbonyl (C=O) groups is 1. The molecule has 1 atom stereocenters. The van der Waals surface area contributed by atoms with Crippen LogP contribution in [0.2, 0.25) is 0 Å². The number of amides is 1. The van der Waals surface area contributed by atoms with Crippen molar-refractivity contribution in [1.82, 2.24) is 4.84 Å². The van der Waals surface area contributed by atoms with E-state index in [0.717, 1.165) is 12.1 Å². The highest BCUT2D eigenvalue weighted by molar-refractivity contribution is 7.99. The molecular weight excluding hydrogens is 361 g/mol. The third-order valence-electron chi connectivity index (χ3n) is 3.70. The molecule has 24 heavy (non-hydrogen) atoms. The van der Waals surface area contributed by atoms with Crippen LogP contribution in [0, 0.1) is 17.5 Å². The number of carbonyl (C=O) groups excluding carboxylic acids is 1. The maximum atomic E-state index is 14.1. The highest BCUT2D eigenvalue weighted by Crippen LogP contribution is 2.40. The minimum absolute atomic E-state index is 0.116. The molecule has 3 rings (SSSR count). The number of benzene rings is 2. The summed E-state index contributed by atoms with van der Waals surface area (Å²) < 4.78 is 40.4. The molecule has 126 valence electrons. The van der Waals surface area contributed by atoms with Crippen molar-refractivity contribution in [3.63, 3.8) is 0 Å². The zero-order valence-corrected chi connectivity index (χ0v) is 13.8. The molecule has 1 amide bonds. The Morgan fingerprint density at radius 2 is 1.88 bits per heavy atom. The molecule has 0 saturated carbocycles. The first-order valence-electron chi connectivity index (χ1n) is 7.09. The van der Waals surface area contributed by atoms with Gasteiger partial charge in [0.25, 0.3) is 5.91 Å². The van der Waals surface area contributed by atoms with E-state index in [1.54, 1.807) is 0 Å². The molecule has 2 N–H and O–H groups in total. The van der Waals surface area contributed by atoms with Gasteiger partial charge in [0.15, 0.2) is 11.6 Å². The molecule has 1 aliphatic rings. The van der Waals surface area contributed by atoms with Crippen molar-refractivity contribution >= 4 is 35.1 Å². The first-order chi connectivity index (χ1) is 11.5. The lowest BCUT2D eigenvalue weighted by atomic mass is 10.0. The zero-order valence-electron chi connectivity index (χ0n) is 12.2. The van der Waals surface area contributed by atoms with Crippen molar-refractivity contribution in [3.8, 4) is 0 Å². The van der Waals surface area contributed by atoms with E-state index in [0.29, 0.717) is 22.6 Å². The molecule has 0 saturated heterocycles. The molecule has 8 heteroatoms. The van der Waals surface area contributed by atoms with Gasteiger partial charge in [-0.05, 0) is 48.2 Å². The van der Waals surface area contributed by atoms with Gasteiger partial charge in [-0.2, -0.15) is 0 Å². The van der Waals surface area contributed by atoms with Crippen molar-refractivity contribution in [3.05, 3.63) is 58.9 Å². The molecule has 1 aliphatic heterocycles. The van der Waals surface area contributed by atoms with Gasteiger partial charge in [-0.15, -0.1) is 11.8 Å². The SMILES string of the molecule is O=C(Nc1ccc(F)c(F)c1)c1ccc(F)c2c1SCCC2NCl. The summed E-state index contributed by atoms with van der Waals surface area (Å²) in [5, 5.41) is 2.49. The van der Waals surface area contributed by atoms with Crippen LogP contribution in [-0.2, 0) is 0 Å². The number of anilines is 1. The van der Waals surface area contributed by atoms with Gasteiger partial charge in [0.1, 0.15) is 5.82 Å². The molecule has 2 aromatic carbocycles. The summed E-state index contributed by atoms with van der Waals surface area (Å²) in [5.74, 6) is -2.36. The monoisotopic (exact) mass is 372 g/mol. The van der Waals surface area contributed by atoms with Crippen molar-refractivity contribution in [2.75, 3.05) is 11.1 Å². The number of thioether (sulfide) groups is 1. The summed E-state index contributed by atoms with van der Waals surface area (Å²) in [7, 11) is 0. The Balaban J connectivity index is 1.94. The Morgan fingerprint density at radius 3 is 2.58 bits per heavy atom. The standard InChI is InChI=1S/C16H12ClF3N2OS/c17-22-13-5-6-24-15-9(2-4-11(19)14(13)15)16(23)21-8-1-3-10(18)12(20)7-8/h1-4,7,13,22H,5-6H2,(H,21,23). The predicted molar refractivity (Wildman–Crippen MR) is 87.8 cm³/mol. The highest BCUT2D eigenvalue weighted by atomic mass is 35.5. The van der Waals surface area contributed by atoms with Crippen LogP contribution >= 0.6 is 23.5 Å². The van der Waals surface area contributed by atoms with Gasteiger partial charge in [-0.1, -0.05) is 0 Å². The van der Waals surface area contributed by atoms with Crippen molar-refractivity contribution in [2.45, 2.75) is 17.4 Å². The summed E-state index contributed by atoms with van der Waals surface area (Å²) in [4.78, 5) is 15.5. The minimum atomic E-state index is -1.06. The molecule has 0 aromatic heterocycles. The van der Waals surface area contributed by atoms with E-state index < -0.39 is 23.4 Å². The first kappa shape index (κ1) is 17.1. The highest BCUT2D eigenvalue weighted by Gasteiger charge is 2.28. The quantitative estimate of drug-likeness (QED) is 0.771. The number of rotatable bonds is 3. The molecule has 0 fully saturated rings. The van der Waals surface area contributed by atoms with Gasteiger partial charge in [0.05, 0.1) is 11.6 Å². The molecule has 0 radical (unpaired) electrons. The molecule has 1 heterocycles. The van der Waals surface area contributed by atoms with E-state index in [1.165, 1.54) is 30.0 Å². The lowest BCUT2D eigenvalue weighted by molar-refractivity contribution is 0.102. The fourth-order valence-electron chi connectivity index (χ4n) is 2.54. The average molecular weight is 373 g/mol. The van der Waals surface area contributed by atoms with Crippen LogP contribution in [0.25, 0.3) is 0 Å². The first-order valence-corrected chi connectivity index (χ1v) is 8.45. The second-order valence-corrected chi connectivity index (χ2v) is 6.54. The molecule has 0 spiro atoms. The van der Waals surface area contributed by atoms with Crippen molar-refractivity contribution in [1.29, 1.82) is 0 Å². The van der Waals surface area contributed by atoms with Gasteiger partial charge in [-0.3, -0.25) is 4.79 Å². The Hall–Kier alpha value is -1.70. The molecule has 0 bridgehead atoms. The topological polar surface area (TPSA) is 41.1 Å². The van der Waals surface area contributed by atoms with E-state index in [9.17, 15) is 18.0 Å². The van der Waals surface area contributed by atoms with Crippen LogP contribution in [0.1, 0.15) is 28.4 Å². The van der Waals surface area contributed by atoms with E-state index in [1.807, 2.05) is 0 Å². The number of hydrogen-bond acceptors (Lipinski definition) is 3. The number of halogens is 4. The normalized spacial score (nSPS) is 16.6. The summed E-state index contributed by atoms with van der Waals surface area (Å²) in [6, 6.07) is 5.24. The molecule has 2 aromatic rings. The molecule has 1 unspecified atom stereocenters. The molecule has 3 nitrogen and oxygen atoms in total. The summed E-state index contributed by atoms with van der Waals surface area (Å²) in [6.07, 6.45) is 0.631. The number of hydrogen-bond donors (Lipinski definition) is 2. The van der Waals surface area contributed by atoms with E-state index in [4.69, 9.17) is 11.8 Å². The molecular formula is C16H12ClF3N2OS. The third kappa shape index (κ3) is 3.24. The second-order valence-electron chi connectivity index (χ2n) is 5.22. The second kappa shape index (κ2) is 7.04. The summed E-state index contributed by atoms with van der Waals surface area (Å²) in [5.41, 5.74) is 0.724. The minimum Gasteiger partial charge on any atom is -0.322 e. The van der Waals surface area contributed by atoms with E-state index in [-0.39, 0.29) is 17.3 Å². The fraction of sp³-hybridized carbons (Fsp3) is 0.188. The van der Waals surface area contributed by atoms with Crippen LogP contribution in [-0.4, -0.2) is 11.7 Å². The van der Waals surface area contributed by atoms with Gasteiger partial charge in [0, 0.05) is 22.2 Å².